The highest BCUT2D eigenvalue weighted by Gasteiger charge is 2.17. The average Bonchev–Trinajstić information content (AvgIpc) is 2.67. The summed E-state index contributed by atoms with van der Waals surface area (Å²) in [5.74, 6) is 0.220. The largest absolute Gasteiger partial charge is 0.486 e. The number of carbonyl (C=O) groups excluding carboxylic acids is 2. The van der Waals surface area contributed by atoms with Crippen molar-refractivity contribution in [2.75, 3.05) is 13.2 Å². The third kappa shape index (κ3) is 4.77. The molecule has 0 aliphatic carbocycles. The van der Waals surface area contributed by atoms with E-state index in [1.54, 1.807) is 31.2 Å². The Morgan fingerprint density at radius 1 is 1.11 bits per heavy atom. The summed E-state index contributed by atoms with van der Waals surface area (Å²) in [7, 11) is 0. The predicted octanol–water partition coefficient (Wildman–Crippen LogP) is 4.09. The minimum absolute atomic E-state index is 0.00221. The van der Waals surface area contributed by atoms with Crippen molar-refractivity contribution in [1.82, 2.24) is 5.32 Å². The first-order valence-corrected chi connectivity index (χ1v) is 8.99. The summed E-state index contributed by atoms with van der Waals surface area (Å²) in [6, 6.07) is 8.94. The van der Waals surface area contributed by atoms with Crippen molar-refractivity contribution in [2.24, 2.45) is 0 Å². The molecular weight excluding hydrogens is 373 g/mol. The Hall–Kier alpha value is -2.60. The predicted molar refractivity (Wildman–Crippen MR) is 99.0 cm³/mol. The van der Waals surface area contributed by atoms with E-state index in [0.717, 1.165) is 0 Å². The molecule has 142 valence electrons. The summed E-state index contributed by atoms with van der Waals surface area (Å²) in [5, 5.41) is 2.78. The Balaban J connectivity index is 1.54. The van der Waals surface area contributed by atoms with Crippen LogP contribution in [0, 0.1) is 5.82 Å². The van der Waals surface area contributed by atoms with E-state index in [4.69, 9.17) is 21.1 Å². The van der Waals surface area contributed by atoms with Gasteiger partial charge in [-0.2, -0.15) is 0 Å². The van der Waals surface area contributed by atoms with E-state index in [0.29, 0.717) is 35.8 Å². The fourth-order valence-corrected chi connectivity index (χ4v) is 2.96. The Bertz CT molecular complexity index is 871. The lowest BCUT2D eigenvalue weighted by Gasteiger charge is -2.18. The van der Waals surface area contributed by atoms with Gasteiger partial charge in [0.1, 0.15) is 19.0 Å². The molecule has 0 radical (unpaired) electrons. The van der Waals surface area contributed by atoms with Crippen molar-refractivity contribution in [3.8, 4) is 11.5 Å². The lowest BCUT2D eigenvalue weighted by molar-refractivity contribution is -0.121. The molecule has 1 N–H and O–H groups in total. The monoisotopic (exact) mass is 391 g/mol. The molecule has 1 amide bonds. The minimum atomic E-state index is -0.510. The smallest absolute Gasteiger partial charge is 0.220 e. The molecule has 1 heterocycles. The molecule has 1 aliphatic heterocycles. The number of carbonyl (C=O) groups is 2. The number of halogens is 2. The van der Waals surface area contributed by atoms with Gasteiger partial charge in [0.2, 0.25) is 5.91 Å². The normalized spacial score (nSPS) is 13.7. The summed E-state index contributed by atoms with van der Waals surface area (Å²) in [6.07, 6.45) is 0.120. The van der Waals surface area contributed by atoms with Crippen molar-refractivity contribution >= 4 is 23.3 Å². The van der Waals surface area contributed by atoms with Crippen LogP contribution < -0.4 is 14.8 Å². The average molecular weight is 392 g/mol. The summed E-state index contributed by atoms with van der Waals surface area (Å²) in [4.78, 5) is 24.5. The quantitative estimate of drug-likeness (QED) is 0.753. The van der Waals surface area contributed by atoms with Gasteiger partial charge in [0.15, 0.2) is 17.3 Å². The second kappa shape index (κ2) is 8.39. The molecule has 0 spiro atoms. The van der Waals surface area contributed by atoms with Crippen molar-refractivity contribution in [3.63, 3.8) is 0 Å². The number of ketones is 1. The zero-order valence-corrected chi connectivity index (χ0v) is 15.5. The number of fused-ring (bicyclic) bond motifs is 1. The van der Waals surface area contributed by atoms with Gasteiger partial charge in [0.25, 0.3) is 0 Å². The highest BCUT2D eigenvalue weighted by molar-refractivity contribution is 6.30. The van der Waals surface area contributed by atoms with E-state index in [1.165, 1.54) is 12.1 Å². The van der Waals surface area contributed by atoms with Gasteiger partial charge in [-0.1, -0.05) is 17.7 Å². The molecule has 1 aliphatic rings. The highest BCUT2D eigenvalue weighted by atomic mass is 35.5. The van der Waals surface area contributed by atoms with Crippen LogP contribution in [-0.4, -0.2) is 24.9 Å². The first-order valence-electron chi connectivity index (χ1n) is 8.61. The van der Waals surface area contributed by atoms with Crippen LogP contribution in [0.4, 0.5) is 4.39 Å². The van der Waals surface area contributed by atoms with Crippen LogP contribution in [0.3, 0.4) is 0 Å². The molecule has 2 aromatic rings. The number of hydrogen-bond acceptors (Lipinski definition) is 4. The van der Waals surface area contributed by atoms with Crippen molar-refractivity contribution < 1.29 is 23.5 Å². The molecule has 0 aromatic heterocycles. The lowest BCUT2D eigenvalue weighted by Crippen LogP contribution is -2.27. The Morgan fingerprint density at radius 3 is 2.59 bits per heavy atom. The molecule has 5 nitrogen and oxygen atoms in total. The van der Waals surface area contributed by atoms with E-state index in [9.17, 15) is 14.0 Å². The van der Waals surface area contributed by atoms with E-state index in [-0.39, 0.29) is 35.6 Å². The molecule has 7 heteroatoms. The van der Waals surface area contributed by atoms with Crippen LogP contribution in [0.1, 0.15) is 41.7 Å². The first kappa shape index (κ1) is 19.2. The lowest BCUT2D eigenvalue weighted by atomic mass is 10.0. The van der Waals surface area contributed by atoms with Crippen LogP contribution in [0.25, 0.3) is 0 Å². The Morgan fingerprint density at radius 2 is 1.85 bits per heavy atom. The number of Topliss-reactive ketones (excluding diaryl/α,β-unsaturated/α-hetero) is 1. The third-order valence-corrected chi connectivity index (χ3v) is 4.55. The molecule has 2 aromatic carbocycles. The third-order valence-electron chi connectivity index (χ3n) is 4.26. The van der Waals surface area contributed by atoms with Gasteiger partial charge in [-0.05, 0) is 42.8 Å². The van der Waals surface area contributed by atoms with Crippen molar-refractivity contribution in [2.45, 2.75) is 25.8 Å². The number of amides is 1. The van der Waals surface area contributed by atoms with Gasteiger partial charge in [-0.3, -0.25) is 9.59 Å². The van der Waals surface area contributed by atoms with Crippen LogP contribution in [-0.2, 0) is 4.79 Å². The zero-order chi connectivity index (χ0) is 19.4. The van der Waals surface area contributed by atoms with Crippen LogP contribution in [0.5, 0.6) is 11.5 Å². The van der Waals surface area contributed by atoms with Gasteiger partial charge in [0.05, 0.1) is 11.1 Å². The molecule has 0 fully saturated rings. The van der Waals surface area contributed by atoms with E-state index >= 15 is 0 Å². The van der Waals surface area contributed by atoms with E-state index in [1.807, 2.05) is 0 Å². The van der Waals surface area contributed by atoms with Gasteiger partial charge in [0, 0.05) is 18.4 Å². The second-order valence-corrected chi connectivity index (χ2v) is 6.65. The van der Waals surface area contributed by atoms with Gasteiger partial charge < -0.3 is 14.8 Å². The minimum Gasteiger partial charge on any atom is -0.486 e. The standard InChI is InChI=1S/C20H19ClFNO4/c1-12(13-2-4-16(22)15(21)10-13)23-20(25)7-5-17(24)14-3-6-18-19(11-14)27-9-8-26-18/h2-4,6,10-12H,5,7-9H2,1H3,(H,23,25). The summed E-state index contributed by atoms with van der Waals surface area (Å²) < 4.78 is 24.1. The molecule has 3 rings (SSSR count). The number of benzene rings is 2. The maximum Gasteiger partial charge on any atom is 0.220 e. The molecule has 0 saturated carbocycles. The molecule has 1 atom stereocenters. The summed E-state index contributed by atoms with van der Waals surface area (Å²) >= 11 is 5.76. The van der Waals surface area contributed by atoms with E-state index < -0.39 is 5.82 Å². The van der Waals surface area contributed by atoms with Crippen LogP contribution in [0.2, 0.25) is 5.02 Å². The number of ether oxygens (including phenoxy) is 2. The second-order valence-electron chi connectivity index (χ2n) is 6.24. The first-order chi connectivity index (χ1) is 12.9. The SMILES string of the molecule is CC(NC(=O)CCC(=O)c1ccc2c(c1)OCCO2)c1ccc(F)c(Cl)c1. The molecule has 1 unspecified atom stereocenters. The maximum absolute atomic E-state index is 13.2. The van der Waals surface area contributed by atoms with Crippen molar-refractivity contribution in [1.29, 1.82) is 0 Å². The Kier molecular flexibility index (Phi) is 5.96. The van der Waals surface area contributed by atoms with Crippen LogP contribution in [0.15, 0.2) is 36.4 Å². The number of hydrogen-bond donors (Lipinski definition) is 1. The summed E-state index contributed by atoms with van der Waals surface area (Å²) in [6.45, 7) is 2.69. The topological polar surface area (TPSA) is 64.6 Å². The molecule has 27 heavy (non-hydrogen) atoms. The van der Waals surface area contributed by atoms with Gasteiger partial charge >= 0.3 is 0 Å². The van der Waals surface area contributed by atoms with E-state index in [2.05, 4.69) is 5.32 Å². The molecule has 0 bridgehead atoms. The highest BCUT2D eigenvalue weighted by Crippen LogP contribution is 2.31. The van der Waals surface area contributed by atoms with Gasteiger partial charge in [-0.25, -0.2) is 4.39 Å². The fourth-order valence-electron chi connectivity index (χ4n) is 2.77. The van der Waals surface area contributed by atoms with Crippen molar-refractivity contribution in [3.05, 3.63) is 58.4 Å². The Labute approximate surface area is 161 Å². The zero-order valence-electron chi connectivity index (χ0n) is 14.8. The molecular formula is C20H19ClFNO4. The molecule has 0 saturated heterocycles. The fraction of sp³-hybridized carbons (Fsp3) is 0.300. The number of rotatable bonds is 6. The van der Waals surface area contributed by atoms with Gasteiger partial charge in [-0.15, -0.1) is 0 Å². The summed E-state index contributed by atoms with van der Waals surface area (Å²) in [5.41, 5.74) is 1.17. The number of nitrogens with one attached hydrogen (secondary N) is 1. The van der Waals surface area contributed by atoms with Crippen LogP contribution >= 0.6 is 11.6 Å². The maximum atomic E-state index is 13.2.